The van der Waals surface area contributed by atoms with E-state index in [1.807, 2.05) is 6.92 Å². The number of carbonyl (C=O) groups is 1. The second kappa shape index (κ2) is 9.43. The van der Waals surface area contributed by atoms with E-state index >= 15 is 0 Å². The molecule has 0 atom stereocenters. The van der Waals surface area contributed by atoms with Crippen LogP contribution in [0.15, 0.2) is 0 Å². The Morgan fingerprint density at radius 2 is 2.20 bits per heavy atom. The van der Waals surface area contributed by atoms with Crippen molar-refractivity contribution in [3.63, 3.8) is 0 Å². The molecule has 4 heteroatoms. The van der Waals surface area contributed by atoms with E-state index in [0.29, 0.717) is 19.6 Å². The molecule has 3 nitrogen and oxygen atoms in total. The van der Waals surface area contributed by atoms with Gasteiger partial charge in [0.2, 0.25) is 0 Å². The number of carboxylic acids is 1. The van der Waals surface area contributed by atoms with Gasteiger partial charge in [-0.1, -0.05) is 0 Å². The van der Waals surface area contributed by atoms with Crippen molar-refractivity contribution in [2.75, 3.05) is 13.2 Å². The molecule has 0 radical (unpaired) electrons. The van der Waals surface area contributed by atoms with E-state index in [1.165, 1.54) is 0 Å². The molecule has 0 amide bonds. The van der Waals surface area contributed by atoms with Gasteiger partial charge >= 0.3 is 35.5 Å². The average Bonchev–Trinajstić information content (AvgIpc) is 1.80. The van der Waals surface area contributed by atoms with E-state index in [0.717, 1.165) is 0 Å². The van der Waals surface area contributed by atoms with Gasteiger partial charge in [0.05, 0.1) is 0 Å². The second-order valence-corrected chi connectivity index (χ2v) is 1.69. The Morgan fingerprint density at radius 3 is 2.60 bits per heavy atom. The number of carboxylic acid groups (broad SMARTS) is 1. The maximum absolute atomic E-state index is 9.91. The van der Waals surface area contributed by atoms with E-state index in [1.54, 1.807) is 0 Å². The zero-order valence-corrected chi connectivity index (χ0v) is 5.59. The first kappa shape index (κ1) is 13.1. The minimum atomic E-state index is -0.755. The van der Waals surface area contributed by atoms with Gasteiger partial charge in [0, 0.05) is 19.6 Å². The van der Waals surface area contributed by atoms with Crippen LogP contribution in [0, 0.1) is 0 Å². The number of aliphatic carboxylic acids is 1. The molecule has 0 rings (SSSR count). The van der Waals surface area contributed by atoms with Crippen LogP contribution in [0.2, 0.25) is 0 Å². The summed E-state index contributed by atoms with van der Waals surface area (Å²) in [6.45, 7) is 3.11. The summed E-state index contributed by atoms with van der Waals surface area (Å²) < 4.78 is 4.92. The van der Waals surface area contributed by atoms with Gasteiger partial charge in [-0.15, -0.1) is 0 Å². The van der Waals surface area contributed by atoms with Gasteiger partial charge < -0.3 is 9.84 Å². The third-order valence-corrected chi connectivity index (χ3v) is 0.883. The van der Waals surface area contributed by atoms with E-state index in [2.05, 4.69) is 0 Å². The first-order valence-corrected chi connectivity index (χ1v) is 3.07. The van der Waals surface area contributed by atoms with Crippen molar-refractivity contribution in [2.24, 2.45) is 0 Å². The van der Waals surface area contributed by atoms with E-state index < -0.39 is 5.97 Å². The molecule has 0 unspecified atom stereocenters. The summed E-state index contributed by atoms with van der Waals surface area (Å²) in [5.74, 6) is -0.755. The number of rotatable bonds is 5. The van der Waals surface area contributed by atoms with Crippen LogP contribution in [0.25, 0.3) is 0 Å². The van der Waals surface area contributed by atoms with Gasteiger partial charge in [0.25, 0.3) is 0 Å². The van der Waals surface area contributed by atoms with E-state index in [4.69, 9.17) is 9.84 Å². The Balaban J connectivity index is 0. The molecule has 0 aliphatic heterocycles. The summed E-state index contributed by atoms with van der Waals surface area (Å²) >= 11 is 0. The SMILES string of the molecule is CCOCCCC(=O)O.[NaH]. The molecule has 0 aliphatic carbocycles. The molecule has 0 aromatic heterocycles. The van der Waals surface area contributed by atoms with Gasteiger partial charge in [0.15, 0.2) is 0 Å². The molecule has 0 bridgehead atoms. The number of hydrogen-bond donors (Lipinski definition) is 1. The second-order valence-electron chi connectivity index (χ2n) is 1.69. The van der Waals surface area contributed by atoms with Crippen LogP contribution in [-0.4, -0.2) is 53.8 Å². The standard InChI is InChI=1S/C6H12O3.Na.H/c1-2-9-5-3-4-6(7)8;;/h2-5H2,1H3,(H,7,8);;. The third-order valence-electron chi connectivity index (χ3n) is 0.883. The van der Waals surface area contributed by atoms with Gasteiger partial charge in [-0.05, 0) is 13.3 Å². The monoisotopic (exact) mass is 156 g/mol. The van der Waals surface area contributed by atoms with E-state index in [9.17, 15) is 4.79 Å². The van der Waals surface area contributed by atoms with Crippen LogP contribution in [0.4, 0.5) is 0 Å². The summed E-state index contributed by atoms with van der Waals surface area (Å²) in [6, 6.07) is 0. The molecular weight excluding hydrogens is 143 g/mol. The molecule has 0 heterocycles. The number of hydrogen-bond acceptors (Lipinski definition) is 2. The molecule has 0 aromatic carbocycles. The molecule has 1 N–H and O–H groups in total. The predicted molar refractivity (Wildman–Crippen MR) is 40.5 cm³/mol. The van der Waals surface area contributed by atoms with Crippen LogP contribution in [0.5, 0.6) is 0 Å². The maximum atomic E-state index is 9.91. The summed E-state index contributed by atoms with van der Waals surface area (Å²) in [6.07, 6.45) is 0.823. The summed E-state index contributed by atoms with van der Waals surface area (Å²) in [5.41, 5.74) is 0. The first-order chi connectivity index (χ1) is 4.27. The Bertz CT molecular complexity index is 85.1. The Morgan fingerprint density at radius 1 is 1.60 bits per heavy atom. The Kier molecular flexibility index (Phi) is 12.3. The van der Waals surface area contributed by atoms with Crippen molar-refractivity contribution in [2.45, 2.75) is 19.8 Å². The van der Waals surface area contributed by atoms with Crippen molar-refractivity contribution in [3.8, 4) is 0 Å². The van der Waals surface area contributed by atoms with Crippen LogP contribution in [0.3, 0.4) is 0 Å². The minimum absolute atomic E-state index is 0. The molecule has 0 aromatic rings. The van der Waals surface area contributed by atoms with Gasteiger partial charge in [-0.3, -0.25) is 4.79 Å². The molecule has 0 fully saturated rings. The predicted octanol–water partition coefficient (Wildman–Crippen LogP) is 0.239. The first-order valence-electron chi connectivity index (χ1n) is 3.07. The van der Waals surface area contributed by atoms with Crippen molar-refractivity contribution in [3.05, 3.63) is 0 Å². The van der Waals surface area contributed by atoms with Crippen molar-refractivity contribution < 1.29 is 14.6 Å². The molecular formula is C6H13NaO3. The fraction of sp³-hybridized carbons (Fsp3) is 0.833. The van der Waals surface area contributed by atoms with Gasteiger partial charge in [-0.2, -0.15) is 0 Å². The van der Waals surface area contributed by atoms with Crippen molar-refractivity contribution in [1.29, 1.82) is 0 Å². The van der Waals surface area contributed by atoms with Crippen LogP contribution in [-0.2, 0) is 9.53 Å². The summed E-state index contributed by atoms with van der Waals surface area (Å²) in [4.78, 5) is 9.91. The van der Waals surface area contributed by atoms with Gasteiger partial charge in [-0.25, -0.2) is 0 Å². The topological polar surface area (TPSA) is 46.5 Å². The van der Waals surface area contributed by atoms with Crippen molar-refractivity contribution in [1.82, 2.24) is 0 Å². The molecule has 10 heavy (non-hydrogen) atoms. The molecule has 0 spiro atoms. The fourth-order valence-corrected chi connectivity index (χ4v) is 0.470. The normalized spacial score (nSPS) is 8.50. The fourth-order valence-electron chi connectivity index (χ4n) is 0.470. The quantitative estimate of drug-likeness (QED) is 0.458. The van der Waals surface area contributed by atoms with Crippen LogP contribution in [0.1, 0.15) is 19.8 Å². The summed E-state index contributed by atoms with van der Waals surface area (Å²) in [7, 11) is 0. The Labute approximate surface area is 83.0 Å². The average molecular weight is 156 g/mol. The zero-order valence-electron chi connectivity index (χ0n) is 5.59. The number of ether oxygens (including phenoxy) is 1. The molecule has 56 valence electrons. The third kappa shape index (κ3) is 11.3. The zero-order chi connectivity index (χ0) is 7.11. The molecule has 0 saturated carbocycles. The summed E-state index contributed by atoms with van der Waals surface area (Å²) in [5, 5.41) is 8.16. The van der Waals surface area contributed by atoms with Gasteiger partial charge in [0.1, 0.15) is 0 Å². The molecule has 0 aliphatic rings. The van der Waals surface area contributed by atoms with Crippen LogP contribution >= 0.6 is 0 Å². The molecule has 0 saturated heterocycles. The Hall–Kier alpha value is 0.430. The van der Waals surface area contributed by atoms with Crippen molar-refractivity contribution >= 4 is 35.5 Å². The van der Waals surface area contributed by atoms with Crippen LogP contribution < -0.4 is 0 Å². The van der Waals surface area contributed by atoms with E-state index in [-0.39, 0.29) is 36.0 Å².